The van der Waals surface area contributed by atoms with Crippen molar-refractivity contribution in [3.8, 4) is 0 Å². The second-order valence-corrected chi connectivity index (χ2v) is 3.81. The maximum atomic E-state index is 11.8. The van der Waals surface area contributed by atoms with Crippen LogP contribution in [0.15, 0.2) is 24.3 Å². The molecule has 1 aromatic rings. The molecule has 1 saturated heterocycles. The number of carbonyl (C=O) groups excluding carboxylic acids is 2. The zero-order valence-corrected chi connectivity index (χ0v) is 7.49. The molecule has 0 spiro atoms. The van der Waals surface area contributed by atoms with Crippen molar-refractivity contribution in [1.82, 2.24) is 5.32 Å². The zero-order valence-electron chi connectivity index (χ0n) is 7.49. The van der Waals surface area contributed by atoms with Crippen LogP contribution in [0.3, 0.4) is 0 Å². The minimum absolute atomic E-state index is 0.0112. The van der Waals surface area contributed by atoms with Crippen molar-refractivity contribution < 1.29 is 9.59 Å². The van der Waals surface area contributed by atoms with Crippen LogP contribution in [0.4, 0.5) is 0 Å². The van der Waals surface area contributed by atoms with Crippen LogP contribution in [-0.4, -0.2) is 11.7 Å². The van der Waals surface area contributed by atoms with Crippen LogP contribution in [0.1, 0.15) is 28.4 Å². The molecule has 3 rings (SSSR count). The molecule has 2 atom stereocenters. The van der Waals surface area contributed by atoms with Crippen LogP contribution in [-0.2, 0) is 4.79 Å². The molecular formula is C11H9NO2. The molecule has 1 aliphatic carbocycles. The van der Waals surface area contributed by atoms with Gasteiger partial charge in [0.15, 0.2) is 5.78 Å². The fraction of sp³-hybridized carbons (Fsp3) is 0.273. The van der Waals surface area contributed by atoms with Crippen molar-refractivity contribution in [1.29, 1.82) is 0 Å². The van der Waals surface area contributed by atoms with E-state index in [0.29, 0.717) is 6.42 Å². The van der Waals surface area contributed by atoms with Crippen molar-refractivity contribution >= 4 is 11.7 Å². The summed E-state index contributed by atoms with van der Waals surface area (Å²) < 4.78 is 0. The first kappa shape index (κ1) is 7.74. The standard InChI is InChI=1S/C11H9NO2/c13-9-5-8-10(12-9)6-3-1-2-4-7(6)11(8)14/h1-4,8,10H,5H2,(H,12,13)/t8-,10-/m0/s1. The van der Waals surface area contributed by atoms with Gasteiger partial charge in [0.05, 0.1) is 12.0 Å². The van der Waals surface area contributed by atoms with Gasteiger partial charge in [0.2, 0.25) is 5.91 Å². The lowest BCUT2D eigenvalue weighted by Gasteiger charge is -2.07. The highest BCUT2D eigenvalue weighted by molar-refractivity contribution is 6.06. The Morgan fingerprint density at radius 3 is 2.86 bits per heavy atom. The van der Waals surface area contributed by atoms with Crippen LogP contribution in [0.2, 0.25) is 0 Å². The summed E-state index contributed by atoms with van der Waals surface area (Å²) >= 11 is 0. The van der Waals surface area contributed by atoms with Gasteiger partial charge in [0, 0.05) is 12.0 Å². The van der Waals surface area contributed by atoms with Crippen LogP contribution in [0, 0.1) is 5.92 Å². The lowest BCUT2D eigenvalue weighted by molar-refractivity contribution is -0.119. The number of ketones is 1. The maximum absolute atomic E-state index is 11.8. The molecular weight excluding hydrogens is 178 g/mol. The van der Waals surface area contributed by atoms with Gasteiger partial charge in [-0.3, -0.25) is 9.59 Å². The Morgan fingerprint density at radius 1 is 1.21 bits per heavy atom. The minimum atomic E-state index is -0.153. The number of benzene rings is 1. The molecule has 70 valence electrons. The van der Waals surface area contributed by atoms with Crippen molar-refractivity contribution in [3.63, 3.8) is 0 Å². The number of carbonyl (C=O) groups is 2. The highest BCUT2D eigenvalue weighted by atomic mass is 16.2. The number of fused-ring (bicyclic) bond motifs is 3. The fourth-order valence-electron chi connectivity index (χ4n) is 2.38. The average Bonchev–Trinajstić information content (AvgIpc) is 2.68. The first-order chi connectivity index (χ1) is 6.77. The van der Waals surface area contributed by atoms with Gasteiger partial charge in [-0.25, -0.2) is 0 Å². The van der Waals surface area contributed by atoms with E-state index in [4.69, 9.17) is 0 Å². The van der Waals surface area contributed by atoms with Gasteiger partial charge >= 0.3 is 0 Å². The predicted molar refractivity (Wildman–Crippen MR) is 49.8 cm³/mol. The van der Waals surface area contributed by atoms with Gasteiger partial charge in [0.1, 0.15) is 0 Å². The summed E-state index contributed by atoms with van der Waals surface area (Å²) in [5.41, 5.74) is 1.76. The first-order valence-electron chi connectivity index (χ1n) is 4.70. The summed E-state index contributed by atoms with van der Waals surface area (Å²) in [4.78, 5) is 23.0. The van der Waals surface area contributed by atoms with Gasteiger partial charge < -0.3 is 5.32 Å². The zero-order chi connectivity index (χ0) is 9.71. The Hall–Kier alpha value is -1.64. The summed E-state index contributed by atoms with van der Waals surface area (Å²) in [6, 6.07) is 7.45. The molecule has 14 heavy (non-hydrogen) atoms. The summed E-state index contributed by atoms with van der Waals surface area (Å²) in [5, 5.41) is 2.84. The topological polar surface area (TPSA) is 46.2 Å². The SMILES string of the molecule is O=C1C[C@@H]2C(=O)c3ccccc3[C@@H]2N1. The lowest BCUT2D eigenvalue weighted by atomic mass is 10.0. The molecule has 1 amide bonds. The second kappa shape index (κ2) is 2.44. The number of rotatable bonds is 0. The van der Waals surface area contributed by atoms with Gasteiger partial charge in [-0.15, -0.1) is 0 Å². The number of amides is 1. The normalized spacial score (nSPS) is 28.6. The molecule has 1 fully saturated rings. The number of hydrogen-bond donors (Lipinski definition) is 1. The molecule has 0 saturated carbocycles. The third-order valence-corrected chi connectivity index (χ3v) is 3.02. The van der Waals surface area contributed by atoms with Gasteiger partial charge in [-0.1, -0.05) is 24.3 Å². The van der Waals surface area contributed by atoms with Crippen LogP contribution < -0.4 is 5.32 Å². The third-order valence-electron chi connectivity index (χ3n) is 3.02. The van der Waals surface area contributed by atoms with Gasteiger partial charge in [0.25, 0.3) is 0 Å². The fourth-order valence-corrected chi connectivity index (χ4v) is 2.38. The molecule has 1 N–H and O–H groups in total. The van der Waals surface area contributed by atoms with E-state index >= 15 is 0 Å². The van der Waals surface area contributed by atoms with Crippen LogP contribution >= 0.6 is 0 Å². The van der Waals surface area contributed by atoms with Gasteiger partial charge in [-0.2, -0.15) is 0 Å². The highest BCUT2D eigenvalue weighted by Gasteiger charge is 2.45. The van der Waals surface area contributed by atoms with Gasteiger partial charge in [-0.05, 0) is 5.56 Å². The summed E-state index contributed by atoms with van der Waals surface area (Å²) in [7, 11) is 0. The smallest absolute Gasteiger partial charge is 0.221 e. The molecule has 2 aliphatic rings. The number of hydrogen-bond acceptors (Lipinski definition) is 2. The van der Waals surface area contributed by atoms with E-state index < -0.39 is 0 Å². The summed E-state index contributed by atoms with van der Waals surface area (Å²) in [6.45, 7) is 0. The van der Waals surface area contributed by atoms with Crippen molar-refractivity contribution in [3.05, 3.63) is 35.4 Å². The summed E-state index contributed by atoms with van der Waals surface area (Å²) in [5.74, 6) is -0.0493. The van der Waals surface area contributed by atoms with Crippen molar-refractivity contribution in [2.24, 2.45) is 5.92 Å². The van der Waals surface area contributed by atoms with Crippen LogP contribution in [0.5, 0.6) is 0 Å². The molecule has 0 radical (unpaired) electrons. The predicted octanol–water partition coefficient (Wildman–Crippen LogP) is 1.06. The molecule has 1 aromatic carbocycles. The monoisotopic (exact) mass is 187 g/mol. The minimum Gasteiger partial charge on any atom is -0.348 e. The Bertz CT molecular complexity index is 439. The maximum Gasteiger partial charge on any atom is 0.221 e. The molecule has 0 bridgehead atoms. The largest absolute Gasteiger partial charge is 0.348 e. The average molecular weight is 187 g/mol. The molecule has 0 unspecified atom stereocenters. The highest BCUT2D eigenvalue weighted by Crippen LogP contribution is 2.40. The van der Waals surface area contributed by atoms with E-state index in [9.17, 15) is 9.59 Å². The molecule has 1 heterocycles. The van der Waals surface area contributed by atoms with Crippen molar-refractivity contribution in [2.45, 2.75) is 12.5 Å². The second-order valence-electron chi connectivity index (χ2n) is 3.81. The van der Waals surface area contributed by atoms with E-state index in [0.717, 1.165) is 11.1 Å². The molecule has 3 heteroatoms. The van der Waals surface area contributed by atoms with E-state index in [1.54, 1.807) is 0 Å². The Balaban J connectivity index is 2.16. The van der Waals surface area contributed by atoms with E-state index in [1.165, 1.54) is 0 Å². The first-order valence-corrected chi connectivity index (χ1v) is 4.70. The molecule has 0 aromatic heterocycles. The molecule has 1 aliphatic heterocycles. The quantitative estimate of drug-likeness (QED) is 0.660. The summed E-state index contributed by atoms with van der Waals surface area (Å²) in [6.07, 6.45) is 0.345. The number of Topliss-reactive ketones (excluding diaryl/α,β-unsaturated/α-hetero) is 1. The van der Waals surface area contributed by atoms with E-state index in [1.807, 2.05) is 24.3 Å². The van der Waals surface area contributed by atoms with Crippen molar-refractivity contribution in [2.75, 3.05) is 0 Å². The van der Waals surface area contributed by atoms with E-state index in [2.05, 4.69) is 5.32 Å². The lowest BCUT2D eigenvalue weighted by Crippen LogP contribution is -2.18. The number of nitrogens with one attached hydrogen (secondary N) is 1. The van der Waals surface area contributed by atoms with E-state index in [-0.39, 0.29) is 23.7 Å². The Kier molecular flexibility index (Phi) is 1.35. The molecule has 3 nitrogen and oxygen atoms in total. The Labute approximate surface area is 81.1 Å². The Morgan fingerprint density at radius 2 is 2.00 bits per heavy atom. The third kappa shape index (κ3) is 0.816. The van der Waals surface area contributed by atoms with Crippen LogP contribution in [0.25, 0.3) is 0 Å².